The quantitative estimate of drug-likeness (QED) is 0.415. The number of hydrogen-bond acceptors (Lipinski definition) is 0. The maximum absolute atomic E-state index is 5.77. The summed E-state index contributed by atoms with van der Waals surface area (Å²) < 4.78 is 2.02. The Morgan fingerprint density at radius 1 is 1.23 bits per heavy atom. The molecular weight excluding hydrogens is 184 g/mol. The molecule has 0 saturated carbocycles. The number of benzene rings is 1. The summed E-state index contributed by atoms with van der Waals surface area (Å²) in [4.78, 5) is 0. The van der Waals surface area contributed by atoms with Crippen molar-refractivity contribution in [2.24, 2.45) is 0 Å². The van der Waals surface area contributed by atoms with Gasteiger partial charge in [0.25, 0.3) is 0 Å². The van der Waals surface area contributed by atoms with Gasteiger partial charge in [-0.1, -0.05) is 11.6 Å². The molecule has 0 fully saturated rings. The summed E-state index contributed by atoms with van der Waals surface area (Å²) in [6, 6.07) is 7.64. The third-order valence-corrected chi connectivity index (χ3v) is 2.09. The Kier molecular flexibility index (Phi) is 3.32. The van der Waals surface area contributed by atoms with E-state index >= 15 is 0 Å². The molecule has 0 aromatic heterocycles. The summed E-state index contributed by atoms with van der Waals surface area (Å²) in [7, 11) is 4.00. The van der Waals surface area contributed by atoms with E-state index in [0.29, 0.717) is 0 Å². The van der Waals surface area contributed by atoms with Crippen molar-refractivity contribution in [2.45, 2.75) is 6.92 Å². The molecule has 0 saturated heterocycles. The summed E-state index contributed by atoms with van der Waals surface area (Å²) >= 11 is 5.77. The molecule has 0 aliphatic rings. The lowest BCUT2D eigenvalue weighted by Crippen LogP contribution is -2.18. The van der Waals surface area contributed by atoms with Crippen LogP contribution in [0.15, 0.2) is 24.3 Å². The Labute approximate surface area is 83.8 Å². The van der Waals surface area contributed by atoms with Gasteiger partial charge in [0.15, 0.2) is 0 Å². The Morgan fingerprint density at radius 3 is 2.23 bits per heavy atom. The first-order chi connectivity index (χ1) is 6.09. The molecule has 1 N–H and O–H groups in total. The van der Waals surface area contributed by atoms with E-state index in [0.717, 1.165) is 16.5 Å². The van der Waals surface area contributed by atoms with Gasteiger partial charge in [-0.2, -0.15) is 0 Å². The van der Waals surface area contributed by atoms with Crippen LogP contribution in [0.1, 0.15) is 6.92 Å². The minimum absolute atomic E-state index is 0.757. The molecule has 1 aromatic carbocycles. The van der Waals surface area contributed by atoms with Gasteiger partial charge in [-0.25, -0.2) is 5.32 Å². The highest BCUT2D eigenvalue weighted by Crippen LogP contribution is 2.12. The maximum atomic E-state index is 5.77. The molecule has 0 bridgehead atoms. The van der Waals surface area contributed by atoms with Crippen LogP contribution in [0.4, 0.5) is 5.69 Å². The Balaban J connectivity index is 2.76. The molecule has 2 nitrogen and oxygen atoms in total. The third kappa shape index (κ3) is 3.07. The van der Waals surface area contributed by atoms with Crippen LogP contribution < -0.4 is 5.32 Å². The number of anilines is 1. The molecule has 0 heterocycles. The highest BCUT2D eigenvalue weighted by atomic mass is 35.5. The molecule has 70 valence electrons. The lowest BCUT2D eigenvalue weighted by Gasteiger charge is -2.00. The van der Waals surface area contributed by atoms with Gasteiger partial charge in [-0.15, -0.1) is 0 Å². The summed E-state index contributed by atoms with van der Waals surface area (Å²) in [5.41, 5.74) is 1.05. The number of amidine groups is 1. The van der Waals surface area contributed by atoms with Crippen molar-refractivity contribution < 1.29 is 4.58 Å². The van der Waals surface area contributed by atoms with Crippen molar-refractivity contribution in [1.82, 2.24) is 0 Å². The molecule has 0 spiro atoms. The number of nitrogens with zero attached hydrogens (tertiary/aromatic N) is 1. The Hall–Kier alpha value is -1.02. The molecule has 0 aliphatic heterocycles. The molecule has 1 aromatic rings. The van der Waals surface area contributed by atoms with E-state index in [1.54, 1.807) is 0 Å². The van der Waals surface area contributed by atoms with Gasteiger partial charge < -0.3 is 0 Å². The maximum Gasteiger partial charge on any atom is 0.246 e. The molecule has 0 unspecified atom stereocenters. The van der Waals surface area contributed by atoms with Gasteiger partial charge in [-0.3, -0.25) is 4.58 Å². The molecule has 0 radical (unpaired) electrons. The topological polar surface area (TPSA) is 15.0 Å². The van der Waals surface area contributed by atoms with Crippen molar-refractivity contribution in [3.63, 3.8) is 0 Å². The van der Waals surface area contributed by atoms with Gasteiger partial charge in [0, 0.05) is 11.9 Å². The summed E-state index contributed by atoms with van der Waals surface area (Å²) in [6.45, 7) is 2.02. The largest absolute Gasteiger partial charge is 0.271 e. The first kappa shape index (κ1) is 10.1. The van der Waals surface area contributed by atoms with Gasteiger partial charge in [-0.05, 0) is 24.3 Å². The molecule has 0 atom stereocenters. The van der Waals surface area contributed by atoms with Crippen molar-refractivity contribution in [2.75, 3.05) is 19.4 Å². The van der Waals surface area contributed by atoms with Crippen molar-refractivity contribution in [3.05, 3.63) is 29.3 Å². The second-order valence-electron chi connectivity index (χ2n) is 3.11. The fraction of sp³-hybridized carbons (Fsp3) is 0.300. The second-order valence-corrected chi connectivity index (χ2v) is 3.55. The molecule has 1 rings (SSSR count). The van der Waals surface area contributed by atoms with Crippen LogP contribution in [0.5, 0.6) is 0 Å². The van der Waals surface area contributed by atoms with Gasteiger partial charge in [0.05, 0.1) is 14.1 Å². The summed E-state index contributed by atoms with van der Waals surface area (Å²) in [5.74, 6) is 1.10. The standard InChI is InChI=1S/C10H13ClN2/c1-8(13(2)3)12-10-6-4-9(11)5-7-10/h4-7H,1-3H3/p+1. The monoisotopic (exact) mass is 197 g/mol. The van der Waals surface area contributed by atoms with Crippen molar-refractivity contribution in [3.8, 4) is 0 Å². The smallest absolute Gasteiger partial charge is 0.246 e. The second kappa shape index (κ2) is 4.28. The predicted molar refractivity (Wildman–Crippen MR) is 57.9 cm³/mol. The highest BCUT2D eigenvalue weighted by molar-refractivity contribution is 6.30. The number of rotatable bonds is 1. The van der Waals surface area contributed by atoms with Crippen LogP contribution in [0.25, 0.3) is 0 Å². The third-order valence-electron chi connectivity index (χ3n) is 1.84. The van der Waals surface area contributed by atoms with E-state index in [9.17, 15) is 0 Å². The van der Waals surface area contributed by atoms with Crippen LogP contribution in [0.3, 0.4) is 0 Å². The molecular formula is C10H14ClN2+. The normalized spacial score (nSPS) is 9.54. The van der Waals surface area contributed by atoms with Crippen LogP contribution in [-0.4, -0.2) is 24.5 Å². The molecule has 0 aliphatic carbocycles. The van der Waals surface area contributed by atoms with Gasteiger partial charge in [0.2, 0.25) is 5.84 Å². The van der Waals surface area contributed by atoms with Gasteiger partial charge >= 0.3 is 0 Å². The number of nitrogens with one attached hydrogen (secondary N) is 1. The van der Waals surface area contributed by atoms with Crippen LogP contribution in [0, 0.1) is 0 Å². The minimum atomic E-state index is 0.757. The van der Waals surface area contributed by atoms with Crippen molar-refractivity contribution in [1.29, 1.82) is 0 Å². The van der Waals surface area contributed by atoms with Crippen LogP contribution >= 0.6 is 11.6 Å². The predicted octanol–water partition coefficient (Wildman–Crippen LogP) is 2.44. The van der Waals surface area contributed by atoms with Crippen LogP contribution in [-0.2, 0) is 0 Å². The van der Waals surface area contributed by atoms with Crippen LogP contribution in [0.2, 0.25) is 5.02 Å². The van der Waals surface area contributed by atoms with E-state index in [-0.39, 0.29) is 0 Å². The molecule has 3 heteroatoms. The van der Waals surface area contributed by atoms with E-state index in [2.05, 4.69) is 5.32 Å². The Morgan fingerprint density at radius 2 is 1.77 bits per heavy atom. The van der Waals surface area contributed by atoms with E-state index in [4.69, 9.17) is 11.6 Å². The highest BCUT2D eigenvalue weighted by Gasteiger charge is 2.01. The number of hydrogen-bond donors (Lipinski definition) is 1. The summed E-state index contributed by atoms with van der Waals surface area (Å²) in [6.07, 6.45) is 0. The molecule has 0 amide bonds. The van der Waals surface area contributed by atoms with E-state index in [1.807, 2.05) is 49.9 Å². The average molecular weight is 198 g/mol. The fourth-order valence-electron chi connectivity index (χ4n) is 0.854. The lowest BCUT2D eigenvalue weighted by atomic mass is 10.3. The first-order valence-corrected chi connectivity index (χ1v) is 4.51. The zero-order valence-corrected chi connectivity index (χ0v) is 8.89. The van der Waals surface area contributed by atoms with E-state index in [1.165, 1.54) is 0 Å². The lowest BCUT2D eigenvalue weighted by molar-refractivity contribution is -0.464. The van der Waals surface area contributed by atoms with Crippen molar-refractivity contribution >= 4 is 23.1 Å². The SMILES string of the molecule is CC(Nc1ccc(Cl)cc1)=[N+](C)C. The molecule has 13 heavy (non-hydrogen) atoms. The zero-order valence-electron chi connectivity index (χ0n) is 8.13. The fourth-order valence-corrected chi connectivity index (χ4v) is 0.980. The zero-order chi connectivity index (χ0) is 9.84. The Bertz CT molecular complexity index is 310. The minimum Gasteiger partial charge on any atom is -0.271 e. The van der Waals surface area contributed by atoms with Gasteiger partial charge in [0.1, 0.15) is 5.69 Å². The number of halogens is 1. The summed E-state index contributed by atoms with van der Waals surface area (Å²) in [5, 5.41) is 4.01. The average Bonchev–Trinajstić information content (AvgIpc) is 2.08. The first-order valence-electron chi connectivity index (χ1n) is 4.13. The van der Waals surface area contributed by atoms with E-state index < -0.39 is 0 Å².